The van der Waals surface area contributed by atoms with E-state index in [2.05, 4.69) is 36.6 Å². The fourth-order valence-electron chi connectivity index (χ4n) is 6.58. The molecule has 0 spiro atoms. The van der Waals surface area contributed by atoms with Crippen molar-refractivity contribution >= 4 is 0 Å². The number of likely N-dealkylation sites (tertiary alicyclic amines) is 1. The molecule has 0 aromatic heterocycles. The number of fused-ring (bicyclic) bond motifs is 1. The van der Waals surface area contributed by atoms with Crippen molar-refractivity contribution < 1.29 is 4.74 Å². The van der Waals surface area contributed by atoms with Gasteiger partial charge in [0.25, 0.3) is 0 Å². The van der Waals surface area contributed by atoms with Gasteiger partial charge in [0.15, 0.2) is 0 Å². The first-order valence-electron chi connectivity index (χ1n) is 10.2. The van der Waals surface area contributed by atoms with E-state index in [0.717, 1.165) is 29.5 Å². The molecule has 2 heteroatoms. The van der Waals surface area contributed by atoms with E-state index in [9.17, 15) is 0 Å². The molecule has 5 rings (SSSR count). The van der Waals surface area contributed by atoms with Gasteiger partial charge in [0.1, 0.15) is 5.75 Å². The minimum Gasteiger partial charge on any atom is -0.497 e. The van der Waals surface area contributed by atoms with Crippen molar-refractivity contribution in [3.05, 3.63) is 41.5 Å². The van der Waals surface area contributed by atoms with Crippen LogP contribution in [0.4, 0.5) is 0 Å². The molecule has 4 aliphatic rings. The highest BCUT2D eigenvalue weighted by atomic mass is 16.5. The van der Waals surface area contributed by atoms with Gasteiger partial charge in [-0.3, -0.25) is 4.90 Å². The van der Waals surface area contributed by atoms with Gasteiger partial charge in [-0.1, -0.05) is 25.1 Å². The van der Waals surface area contributed by atoms with Crippen molar-refractivity contribution in [3.8, 4) is 5.75 Å². The average Bonchev–Trinajstić information content (AvgIpc) is 3.40. The number of hydrogen-bond acceptors (Lipinski definition) is 2. The Morgan fingerprint density at radius 1 is 1.28 bits per heavy atom. The van der Waals surface area contributed by atoms with Crippen LogP contribution >= 0.6 is 0 Å². The molecule has 0 amide bonds. The lowest BCUT2D eigenvalue weighted by molar-refractivity contribution is -0.0283. The number of piperidine rings is 1. The molecule has 1 aromatic carbocycles. The van der Waals surface area contributed by atoms with E-state index in [1.807, 2.05) is 0 Å². The minimum absolute atomic E-state index is 0.307. The van der Waals surface area contributed by atoms with E-state index >= 15 is 0 Å². The lowest BCUT2D eigenvalue weighted by atomic mass is 9.49. The Balaban J connectivity index is 1.62. The zero-order chi connectivity index (χ0) is 17.2. The molecule has 4 atom stereocenters. The summed E-state index contributed by atoms with van der Waals surface area (Å²) in [5, 5.41) is 0. The predicted molar refractivity (Wildman–Crippen MR) is 102 cm³/mol. The summed E-state index contributed by atoms with van der Waals surface area (Å²) in [6.07, 6.45) is 7.85. The van der Waals surface area contributed by atoms with Crippen LogP contribution in [-0.4, -0.2) is 31.1 Å². The van der Waals surface area contributed by atoms with E-state index in [-0.39, 0.29) is 0 Å². The van der Waals surface area contributed by atoms with Crippen LogP contribution in [0.1, 0.15) is 50.2 Å². The first-order chi connectivity index (χ1) is 12.1. The SMILES string of the molecule is C=C1C[C@@H](C)[C@H]2[C@H]3Cc4ccc(OC)cc4[C@]2(CCN3CC2CC2)C1. The van der Waals surface area contributed by atoms with Crippen LogP contribution in [0.25, 0.3) is 0 Å². The molecule has 2 bridgehead atoms. The topological polar surface area (TPSA) is 12.5 Å². The Hall–Kier alpha value is -1.28. The summed E-state index contributed by atoms with van der Waals surface area (Å²) in [7, 11) is 1.79. The molecule has 0 radical (unpaired) electrons. The van der Waals surface area contributed by atoms with Crippen LogP contribution in [0, 0.1) is 17.8 Å². The lowest BCUT2D eigenvalue weighted by Gasteiger charge is -2.61. The number of hydrogen-bond donors (Lipinski definition) is 0. The second kappa shape index (κ2) is 5.61. The summed E-state index contributed by atoms with van der Waals surface area (Å²) >= 11 is 0. The van der Waals surface area contributed by atoms with Gasteiger partial charge in [0.2, 0.25) is 0 Å². The fraction of sp³-hybridized carbons (Fsp3) is 0.652. The number of ether oxygens (including phenoxy) is 1. The fourth-order valence-corrected chi connectivity index (χ4v) is 6.58. The lowest BCUT2D eigenvalue weighted by Crippen LogP contribution is -2.63. The molecule has 1 aliphatic heterocycles. The molecular formula is C23H31NO. The molecule has 25 heavy (non-hydrogen) atoms. The molecule has 3 fully saturated rings. The molecule has 134 valence electrons. The van der Waals surface area contributed by atoms with Crippen molar-refractivity contribution in [2.75, 3.05) is 20.2 Å². The largest absolute Gasteiger partial charge is 0.497 e. The Kier molecular flexibility index (Phi) is 3.57. The molecular weight excluding hydrogens is 306 g/mol. The predicted octanol–water partition coefficient (Wildman–Crippen LogP) is 4.58. The third-order valence-electron chi connectivity index (χ3n) is 7.63. The Labute approximate surface area is 152 Å². The maximum Gasteiger partial charge on any atom is 0.119 e. The van der Waals surface area contributed by atoms with Gasteiger partial charge < -0.3 is 4.74 Å². The first-order valence-corrected chi connectivity index (χ1v) is 10.2. The molecule has 0 N–H and O–H groups in total. The maximum absolute atomic E-state index is 5.60. The summed E-state index contributed by atoms with van der Waals surface area (Å²) in [5.41, 5.74) is 4.94. The molecule has 2 nitrogen and oxygen atoms in total. The van der Waals surface area contributed by atoms with E-state index in [1.54, 1.807) is 18.2 Å². The Morgan fingerprint density at radius 2 is 2.12 bits per heavy atom. The summed E-state index contributed by atoms with van der Waals surface area (Å²) in [6.45, 7) is 9.55. The Bertz CT molecular complexity index is 706. The van der Waals surface area contributed by atoms with E-state index < -0.39 is 0 Å². The zero-order valence-electron chi connectivity index (χ0n) is 15.8. The van der Waals surface area contributed by atoms with Crippen LogP contribution in [0.5, 0.6) is 5.75 Å². The quantitative estimate of drug-likeness (QED) is 0.749. The molecule has 1 saturated heterocycles. The van der Waals surface area contributed by atoms with Gasteiger partial charge in [0.05, 0.1) is 7.11 Å². The number of nitrogens with zero attached hydrogens (tertiary/aromatic N) is 1. The van der Waals surface area contributed by atoms with Gasteiger partial charge in [-0.15, -0.1) is 0 Å². The monoisotopic (exact) mass is 337 g/mol. The minimum atomic E-state index is 0.307. The molecule has 2 saturated carbocycles. The third-order valence-corrected chi connectivity index (χ3v) is 7.63. The van der Waals surface area contributed by atoms with Crippen LogP contribution in [0.15, 0.2) is 30.4 Å². The van der Waals surface area contributed by atoms with Gasteiger partial charge in [-0.25, -0.2) is 0 Å². The third kappa shape index (κ3) is 2.40. The van der Waals surface area contributed by atoms with E-state index in [0.29, 0.717) is 5.41 Å². The smallest absolute Gasteiger partial charge is 0.119 e. The molecule has 1 heterocycles. The zero-order valence-corrected chi connectivity index (χ0v) is 15.8. The van der Waals surface area contributed by atoms with Crippen molar-refractivity contribution in [1.82, 2.24) is 4.90 Å². The van der Waals surface area contributed by atoms with Crippen molar-refractivity contribution in [1.29, 1.82) is 0 Å². The van der Waals surface area contributed by atoms with Crippen molar-refractivity contribution in [2.24, 2.45) is 17.8 Å². The highest BCUT2D eigenvalue weighted by molar-refractivity contribution is 5.47. The number of methoxy groups -OCH3 is 1. The van der Waals surface area contributed by atoms with Crippen LogP contribution in [0.2, 0.25) is 0 Å². The second-order valence-corrected chi connectivity index (χ2v) is 9.27. The summed E-state index contributed by atoms with van der Waals surface area (Å²) in [6, 6.07) is 7.61. The van der Waals surface area contributed by atoms with E-state index in [1.165, 1.54) is 57.2 Å². The van der Waals surface area contributed by atoms with Crippen LogP contribution in [0.3, 0.4) is 0 Å². The number of rotatable bonds is 3. The van der Waals surface area contributed by atoms with E-state index in [4.69, 9.17) is 4.74 Å². The van der Waals surface area contributed by atoms with Crippen LogP contribution < -0.4 is 4.74 Å². The highest BCUT2D eigenvalue weighted by Gasteiger charge is 2.57. The average molecular weight is 338 g/mol. The molecule has 0 unspecified atom stereocenters. The highest BCUT2D eigenvalue weighted by Crippen LogP contribution is 2.59. The second-order valence-electron chi connectivity index (χ2n) is 9.27. The molecule has 3 aliphatic carbocycles. The van der Waals surface area contributed by atoms with Crippen molar-refractivity contribution in [3.63, 3.8) is 0 Å². The summed E-state index contributed by atoms with van der Waals surface area (Å²) in [4.78, 5) is 2.87. The van der Waals surface area contributed by atoms with Gasteiger partial charge >= 0.3 is 0 Å². The summed E-state index contributed by atoms with van der Waals surface area (Å²) in [5.74, 6) is 3.53. The molecule has 1 aromatic rings. The Morgan fingerprint density at radius 3 is 2.88 bits per heavy atom. The first kappa shape index (κ1) is 15.9. The normalized spacial score (nSPS) is 37.4. The maximum atomic E-state index is 5.60. The number of allylic oxidation sites excluding steroid dienone is 1. The van der Waals surface area contributed by atoms with Crippen molar-refractivity contribution in [2.45, 2.75) is 56.9 Å². The van der Waals surface area contributed by atoms with Gasteiger partial charge in [-0.05, 0) is 86.1 Å². The van der Waals surface area contributed by atoms with Gasteiger partial charge in [-0.2, -0.15) is 0 Å². The van der Waals surface area contributed by atoms with Gasteiger partial charge in [0, 0.05) is 18.0 Å². The standard InChI is InChI=1S/C23H31NO/c1-15-10-16(2)22-21-11-18-6-7-19(25-3)12-20(18)23(22,13-15)8-9-24(21)14-17-4-5-17/h6-7,12,16-17,21-22H,1,4-5,8-11,13-14H2,2-3H3/t16-,21-,22+,23+/m1/s1. The van der Waals surface area contributed by atoms with Crippen LogP contribution in [-0.2, 0) is 11.8 Å². The number of benzene rings is 1. The summed E-state index contributed by atoms with van der Waals surface area (Å²) < 4.78 is 5.60.